The molecule has 0 aliphatic heterocycles. The molecule has 0 radical (unpaired) electrons. The van der Waals surface area contributed by atoms with Crippen molar-refractivity contribution >= 4 is 11.9 Å². The van der Waals surface area contributed by atoms with E-state index in [2.05, 4.69) is 0 Å². The SMILES string of the molecule is C/C=C/C(COC(C)=O)OC(C)=O. The molecule has 13 heavy (non-hydrogen) atoms. The van der Waals surface area contributed by atoms with Gasteiger partial charge in [0.15, 0.2) is 6.10 Å². The van der Waals surface area contributed by atoms with Gasteiger partial charge in [0.25, 0.3) is 0 Å². The highest BCUT2D eigenvalue weighted by molar-refractivity contribution is 5.67. The van der Waals surface area contributed by atoms with Gasteiger partial charge in [-0.25, -0.2) is 0 Å². The minimum absolute atomic E-state index is 0.0687. The van der Waals surface area contributed by atoms with Crippen molar-refractivity contribution in [2.24, 2.45) is 0 Å². The summed E-state index contributed by atoms with van der Waals surface area (Å²) in [5, 5.41) is 0. The average molecular weight is 186 g/mol. The van der Waals surface area contributed by atoms with Crippen molar-refractivity contribution in [1.29, 1.82) is 0 Å². The van der Waals surface area contributed by atoms with E-state index in [4.69, 9.17) is 9.47 Å². The van der Waals surface area contributed by atoms with Gasteiger partial charge in [-0.05, 0) is 13.0 Å². The summed E-state index contributed by atoms with van der Waals surface area (Å²) in [6.07, 6.45) is 2.91. The van der Waals surface area contributed by atoms with E-state index in [1.165, 1.54) is 13.8 Å². The second-order valence-corrected chi connectivity index (χ2v) is 2.48. The van der Waals surface area contributed by atoms with E-state index >= 15 is 0 Å². The molecule has 4 nitrogen and oxygen atoms in total. The first kappa shape index (κ1) is 11.7. The maximum Gasteiger partial charge on any atom is 0.303 e. The van der Waals surface area contributed by atoms with Gasteiger partial charge in [-0.2, -0.15) is 0 Å². The number of hydrogen-bond acceptors (Lipinski definition) is 4. The standard InChI is InChI=1S/C9H14O4/c1-4-5-9(13-8(3)11)6-12-7(2)10/h4-5,9H,6H2,1-3H3/b5-4+. The lowest BCUT2D eigenvalue weighted by molar-refractivity contribution is -0.153. The van der Waals surface area contributed by atoms with E-state index in [0.717, 1.165) is 0 Å². The summed E-state index contributed by atoms with van der Waals surface area (Å²) in [5.41, 5.74) is 0. The summed E-state index contributed by atoms with van der Waals surface area (Å²) >= 11 is 0. The lowest BCUT2D eigenvalue weighted by atomic mass is 10.3. The molecule has 0 heterocycles. The zero-order valence-electron chi connectivity index (χ0n) is 8.07. The van der Waals surface area contributed by atoms with Crippen LogP contribution >= 0.6 is 0 Å². The highest BCUT2D eigenvalue weighted by Gasteiger charge is 2.09. The van der Waals surface area contributed by atoms with Gasteiger partial charge in [-0.1, -0.05) is 6.08 Å². The molecule has 0 rings (SSSR count). The molecule has 0 aromatic rings. The monoisotopic (exact) mass is 186 g/mol. The first-order valence-electron chi connectivity index (χ1n) is 3.99. The summed E-state index contributed by atoms with van der Waals surface area (Å²) in [6.45, 7) is 4.48. The van der Waals surface area contributed by atoms with Crippen molar-refractivity contribution in [2.45, 2.75) is 26.9 Å². The van der Waals surface area contributed by atoms with Crippen LogP contribution in [0.25, 0.3) is 0 Å². The van der Waals surface area contributed by atoms with Crippen molar-refractivity contribution in [3.8, 4) is 0 Å². The number of carbonyl (C=O) groups is 2. The molecule has 1 atom stereocenters. The Morgan fingerprint density at radius 2 is 1.92 bits per heavy atom. The molecular formula is C9H14O4. The van der Waals surface area contributed by atoms with Gasteiger partial charge in [0.1, 0.15) is 6.61 Å². The van der Waals surface area contributed by atoms with Crippen molar-refractivity contribution in [1.82, 2.24) is 0 Å². The maximum absolute atomic E-state index is 10.6. The Balaban J connectivity index is 3.94. The predicted molar refractivity (Wildman–Crippen MR) is 47.0 cm³/mol. The molecule has 0 amide bonds. The van der Waals surface area contributed by atoms with Crippen molar-refractivity contribution in [3.05, 3.63) is 12.2 Å². The predicted octanol–water partition coefficient (Wildman–Crippen LogP) is 1.06. The van der Waals surface area contributed by atoms with Crippen molar-refractivity contribution < 1.29 is 19.1 Å². The minimum atomic E-state index is -0.480. The van der Waals surface area contributed by atoms with E-state index < -0.39 is 12.1 Å². The Morgan fingerprint density at radius 1 is 1.31 bits per heavy atom. The molecule has 0 saturated carbocycles. The number of esters is 2. The smallest absolute Gasteiger partial charge is 0.303 e. The van der Waals surface area contributed by atoms with E-state index in [-0.39, 0.29) is 12.6 Å². The molecule has 0 spiro atoms. The Kier molecular flexibility index (Phi) is 5.59. The first-order chi connectivity index (χ1) is 6.06. The van der Waals surface area contributed by atoms with Gasteiger partial charge >= 0.3 is 11.9 Å². The number of rotatable bonds is 4. The van der Waals surface area contributed by atoms with Crippen LogP contribution in [0.4, 0.5) is 0 Å². The van der Waals surface area contributed by atoms with Crippen LogP contribution in [-0.4, -0.2) is 24.6 Å². The third-order valence-electron chi connectivity index (χ3n) is 1.18. The quantitative estimate of drug-likeness (QED) is 0.486. The fourth-order valence-electron chi connectivity index (χ4n) is 0.756. The molecule has 1 unspecified atom stereocenters. The largest absolute Gasteiger partial charge is 0.462 e. The van der Waals surface area contributed by atoms with Crippen LogP contribution in [0.2, 0.25) is 0 Å². The molecular weight excluding hydrogens is 172 g/mol. The second kappa shape index (κ2) is 6.22. The Labute approximate surface area is 77.5 Å². The highest BCUT2D eigenvalue weighted by Crippen LogP contribution is 1.97. The molecule has 0 aliphatic rings. The Hall–Kier alpha value is -1.32. The van der Waals surface area contributed by atoms with Crippen LogP contribution in [0.15, 0.2) is 12.2 Å². The Morgan fingerprint density at radius 3 is 2.31 bits per heavy atom. The topological polar surface area (TPSA) is 52.6 Å². The zero-order valence-corrected chi connectivity index (χ0v) is 8.07. The van der Waals surface area contributed by atoms with Crippen LogP contribution in [0.1, 0.15) is 20.8 Å². The lowest BCUT2D eigenvalue weighted by Gasteiger charge is -2.12. The van der Waals surface area contributed by atoms with Gasteiger partial charge in [0.05, 0.1) is 0 Å². The molecule has 4 heteroatoms. The maximum atomic E-state index is 10.6. The summed E-state index contributed by atoms with van der Waals surface area (Å²) in [5.74, 6) is -0.781. The lowest BCUT2D eigenvalue weighted by Crippen LogP contribution is -2.21. The van der Waals surface area contributed by atoms with Gasteiger partial charge in [0.2, 0.25) is 0 Å². The number of carbonyl (C=O) groups excluding carboxylic acids is 2. The molecule has 0 aromatic carbocycles. The van der Waals surface area contributed by atoms with Crippen LogP contribution in [-0.2, 0) is 19.1 Å². The number of allylic oxidation sites excluding steroid dienone is 1. The van der Waals surface area contributed by atoms with Crippen LogP contribution in [0.3, 0.4) is 0 Å². The van der Waals surface area contributed by atoms with E-state index in [1.54, 1.807) is 19.1 Å². The fraction of sp³-hybridized carbons (Fsp3) is 0.556. The van der Waals surface area contributed by atoms with Gasteiger partial charge in [0, 0.05) is 13.8 Å². The van der Waals surface area contributed by atoms with Crippen LogP contribution in [0.5, 0.6) is 0 Å². The van der Waals surface area contributed by atoms with E-state index in [9.17, 15) is 9.59 Å². The molecule has 0 N–H and O–H groups in total. The molecule has 0 bridgehead atoms. The fourth-order valence-corrected chi connectivity index (χ4v) is 0.756. The van der Waals surface area contributed by atoms with Crippen molar-refractivity contribution in [2.75, 3.05) is 6.61 Å². The number of ether oxygens (including phenoxy) is 2. The molecule has 0 aliphatic carbocycles. The van der Waals surface area contributed by atoms with E-state index in [1.807, 2.05) is 0 Å². The summed E-state index contributed by atoms with van der Waals surface area (Å²) in [4.78, 5) is 21.0. The second-order valence-electron chi connectivity index (χ2n) is 2.48. The Bertz CT molecular complexity index is 208. The van der Waals surface area contributed by atoms with Gasteiger partial charge in [-0.15, -0.1) is 0 Å². The van der Waals surface area contributed by atoms with E-state index in [0.29, 0.717) is 0 Å². The summed E-state index contributed by atoms with van der Waals surface area (Å²) in [6, 6.07) is 0. The first-order valence-corrected chi connectivity index (χ1v) is 3.99. The minimum Gasteiger partial charge on any atom is -0.462 e. The number of hydrogen-bond donors (Lipinski definition) is 0. The highest BCUT2D eigenvalue weighted by atomic mass is 16.6. The normalized spacial score (nSPS) is 12.5. The zero-order chi connectivity index (χ0) is 10.3. The third kappa shape index (κ3) is 7.05. The van der Waals surface area contributed by atoms with Crippen molar-refractivity contribution in [3.63, 3.8) is 0 Å². The molecule has 0 saturated heterocycles. The molecule has 0 fully saturated rings. The van der Waals surface area contributed by atoms with Crippen LogP contribution in [0, 0.1) is 0 Å². The van der Waals surface area contributed by atoms with Gasteiger partial charge < -0.3 is 9.47 Å². The third-order valence-corrected chi connectivity index (χ3v) is 1.18. The van der Waals surface area contributed by atoms with Gasteiger partial charge in [-0.3, -0.25) is 9.59 Å². The summed E-state index contributed by atoms with van der Waals surface area (Å²) in [7, 11) is 0. The molecule has 74 valence electrons. The average Bonchev–Trinajstić information content (AvgIpc) is 1.99. The summed E-state index contributed by atoms with van der Waals surface area (Å²) < 4.78 is 9.53. The molecule has 0 aromatic heterocycles. The van der Waals surface area contributed by atoms with Crippen LogP contribution < -0.4 is 0 Å².